The molecule has 1 aliphatic carbocycles. The van der Waals surface area contributed by atoms with Crippen LogP contribution in [0.5, 0.6) is 5.75 Å². The molecule has 4 rings (SSSR count). The normalized spacial score (nSPS) is 13.0. The number of esters is 1. The van der Waals surface area contributed by atoms with Gasteiger partial charge in [-0.2, -0.15) is 5.10 Å². The molecule has 1 heterocycles. The van der Waals surface area contributed by atoms with Gasteiger partial charge in [0.25, 0.3) is 5.91 Å². The predicted molar refractivity (Wildman–Crippen MR) is 107 cm³/mol. The fourth-order valence-electron chi connectivity index (χ4n) is 2.93. The number of carbonyl (C=O) groups is 2. The number of hydrogen-bond acceptors (Lipinski definition) is 5. The van der Waals surface area contributed by atoms with Crippen LogP contribution in [0, 0.1) is 11.6 Å². The van der Waals surface area contributed by atoms with Gasteiger partial charge in [0.1, 0.15) is 11.6 Å². The fourth-order valence-corrected chi connectivity index (χ4v) is 2.93. The topological polar surface area (TPSA) is 82.5 Å². The summed E-state index contributed by atoms with van der Waals surface area (Å²) in [6.45, 7) is -1.17. The van der Waals surface area contributed by atoms with E-state index in [4.69, 9.17) is 9.47 Å². The molecule has 2 aromatic carbocycles. The lowest BCUT2D eigenvalue weighted by Gasteiger charge is -2.10. The summed E-state index contributed by atoms with van der Waals surface area (Å²) < 4.78 is 37.9. The van der Waals surface area contributed by atoms with Gasteiger partial charge in [-0.1, -0.05) is 18.2 Å². The number of aromatic nitrogens is 2. The third-order valence-electron chi connectivity index (χ3n) is 4.60. The molecule has 0 saturated heterocycles. The van der Waals surface area contributed by atoms with Crippen molar-refractivity contribution in [3.8, 4) is 11.4 Å². The molecule has 1 amide bonds. The van der Waals surface area contributed by atoms with Crippen molar-refractivity contribution in [3.63, 3.8) is 0 Å². The Morgan fingerprint density at radius 2 is 1.84 bits per heavy atom. The minimum absolute atomic E-state index is 0.290. The van der Waals surface area contributed by atoms with Crippen LogP contribution >= 0.6 is 0 Å². The number of carbonyl (C=O) groups excluding carboxylic acids is 2. The van der Waals surface area contributed by atoms with E-state index in [0.29, 0.717) is 17.8 Å². The number of anilines is 1. The molecule has 1 saturated carbocycles. The third kappa shape index (κ3) is 5.25. The van der Waals surface area contributed by atoms with Gasteiger partial charge in [0.15, 0.2) is 24.8 Å². The molecule has 1 aromatic heterocycles. The van der Waals surface area contributed by atoms with Crippen LogP contribution < -0.4 is 10.1 Å². The maximum atomic E-state index is 13.5. The Morgan fingerprint density at radius 3 is 2.55 bits per heavy atom. The highest BCUT2D eigenvalue weighted by Gasteiger charge is 2.28. The zero-order valence-corrected chi connectivity index (χ0v) is 16.4. The minimum atomic E-state index is -0.939. The Balaban J connectivity index is 1.33. The predicted octanol–water partition coefficient (Wildman–Crippen LogP) is 3.59. The number of benzene rings is 2. The summed E-state index contributed by atoms with van der Waals surface area (Å²) in [5.74, 6) is -2.55. The summed E-state index contributed by atoms with van der Waals surface area (Å²) in [7, 11) is 0. The van der Waals surface area contributed by atoms with Gasteiger partial charge in [-0.25, -0.2) is 18.3 Å². The minimum Gasteiger partial charge on any atom is -0.479 e. The van der Waals surface area contributed by atoms with Crippen LogP contribution in [-0.4, -0.2) is 34.9 Å². The number of nitrogens with one attached hydrogen (secondary N) is 1. The van der Waals surface area contributed by atoms with Gasteiger partial charge >= 0.3 is 5.97 Å². The number of para-hydroxylation sites is 1. The SMILES string of the molecule is O=C(COC(=O)COc1ccc(F)cc1F)Nc1cc(C2CC2)nn1-c1ccccc1. The van der Waals surface area contributed by atoms with Gasteiger partial charge in [0, 0.05) is 18.1 Å². The average molecular weight is 427 g/mol. The Kier molecular flexibility index (Phi) is 5.92. The van der Waals surface area contributed by atoms with Crippen molar-refractivity contribution < 1.29 is 27.8 Å². The summed E-state index contributed by atoms with van der Waals surface area (Å²) in [4.78, 5) is 24.1. The Labute approximate surface area is 176 Å². The molecule has 3 aromatic rings. The summed E-state index contributed by atoms with van der Waals surface area (Å²) in [6.07, 6.45) is 2.12. The second kappa shape index (κ2) is 8.95. The first-order valence-electron chi connectivity index (χ1n) is 9.68. The second-order valence-electron chi connectivity index (χ2n) is 7.05. The maximum Gasteiger partial charge on any atom is 0.344 e. The van der Waals surface area contributed by atoms with Crippen LogP contribution in [0.2, 0.25) is 0 Å². The number of ether oxygens (including phenoxy) is 2. The van der Waals surface area contributed by atoms with E-state index in [-0.39, 0.29) is 5.75 Å². The quantitative estimate of drug-likeness (QED) is 0.556. The summed E-state index contributed by atoms with van der Waals surface area (Å²) >= 11 is 0. The maximum absolute atomic E-state index is 13.5. The summed E-state index contributed by atoms with van der Waals surface area (Å²) in [5, 5.41) is 7.28. The van der Waals surface area contributed by atoms with E-state index in [9.17, 15) is 18.4 Å². The fraction of sp³-hybridized carbons (Fsp3) is 0.227. The van der Waals surface area contributed by atoms with E-state index >= 15 is 0 Å². The van der Waals surface area contributed by atoms with E-state index in [1.165, 1.54) is 0 Å². The lowest BCUT2D eigenvalue weighted by molar-refractivity contribution is -0.149. The summed E-state index contributed by atoms with van der Waals surface area (Å²) in [5.41, 5.74) is 1.68. The van der Waals surface area contributed by atoms with Crippen molar-refractivity contribution in [1.29, 1.82) is 0 Å². The van der Waals surface area contributed by atoms with E-state index in [2.05, 4.69) is 10.4 Å². The molecule has 0 atom stereocenters. The number of hydrogen-bond donors (Lipinski definition) is 1. The second-order valence-corrected chi connectivity index (χ2v) is 7.05. The van der Waals surface area contributed by atoms with Crippen LogP contribution in [0.3, 0.4) is 0 Å². The third-order valence-corrected chi connectivity index (χ3v) is 4.60. The highest BCUT2D eigenvalue weighted by atomic mass is 19.1. The van der Waals surface area contributed by atoms with E-state index in [1.807, 2.05) is 36.4 Å². The number of nitrogens with zero attached hydrogens (tertiary/aromatic N) is 2. The van der Waals surface area contributed by atoms with Crippen molar-refractivity contribution in [2.24, 2.45) is 0 Å². The van der Waals surface area contributed by atoms with E-state index in [1.54, 1.807) is 4.68 Å². The average Bonchev–Trinajstić information content (AvgIpc) is 3.53. The Hall–Kier alpha value is -3.75. The number of rotatable bonds is 8. The Bertz CT molecular complexity index is 1100. The van der Waals surface area contributed by atoms with Crippen LogP contribution in [0.15, 0.2) is 54.6 Å². The molecule has 0 bridgehead atoms. The van der Waals surface area contributed by atoms with E-state index < -0.39 is 36.7 Å². The van der Waals surface area contributed by atoms with Gasteiger partial charge in [0.05, 0.1) is 11.4 Å². The molecule has 7 nitrogen and oxygen atoms in total. The van der Waals surface area contributed by atoms with Crippen LogP contribution in [0.1, 0.15) is 24.5 Å². The van der Waals surface area contributed by atoms with Crippen molar-refractivity contribution in [3.05, 3.63) is 71.9 Å². The van der Waals surface area contributed by atoms with Crippen LogP contribution in [0.4, 0.5) is 14.6 Å². The smallest absolute Gasteiger partial charge is 0.344 e. The van der Waals surface area contributed by atoms with Crippen LogP contribution in [-0.2, 0) is 14.3 Å². The van der Waals surface area contributed by atoms with Gasteiger partial charge < -0.3 is 14.8 Å². The van der Waals surface area contributed by atoms with Crippen LogP contribution in [0.25, 0.3) is 5.69 Å². The lowest BCUT2D eigenvalue weighted by atomic mass is 10.3. The molecular formula is C22H19F2N3O4. The Morgan fingerprint density at radius 1 is 1.06 bits per heavy atom. The number of amides is 1. The van der Waals surface area contributed by atoms with E-state index in [0.717, 1.165) is 36.4 Å². The van der Waals surface area contributed by atoms with Gasteiger partial charge in [-0.05, 0) is 37.1 Å². The summed E-state index contributed by atoms with van der Waals surface area (Å²) in [6, 6.07) is 13.9. The highest BCUT2D eigenvalue weighted by molar-refractivity contribution is 5.92. The zero-order chi connectivity index (χ0) is 21.8. The first kappa shape index (κ1) is 20.5. The molecule has 1 aliphatic rings. The monoisotopic (exact) mass is 427 g/mol. The zero-order valence-electron chi connectivity index (χ0n) is 16.4. The van der Waals surface area contributed by atoms with Gasteiger partial charge in [-0.15, -0.1) is 0 Å². The lowest BCUT2D eigenvalue weighted by Crippen LogP contribution is -2.24. The van der Waals surface area contributed by atoms with Gasteiger partial charge in [0.2, 0.25) is 0 Å². The molecule has 1 fully saturated rings. The largest absolute Gasteiger partial charge is 0.479 e. The highest BCUT2D eigenvalue weighted by Crippen LogP contribution is 2.40. The van der Waals surface area contributed by atoms with Crippen molar-refractivity contribution >= 4 is 17.7 Å². The van der Waals surface area contributed by atoms with Crippen molar-refractivity contribution in [1.82, 2.24) is 9.78 Å². The standard InChI is InChI=1S/C22H19F2N3O4/c23-15-8-9-19(17(24)10-15)30-13-22(29)31-12-21(28)25-20-11-18(14-6-7-14)26-27(20)16-4-2-1-3-5-16/h1-5,8-11,14H,6-7,12-13H2,(H,25,28). The first-order chi connectivity index (χ1) is 15.0. The first-order valence-corrected chi connectivity index (χ1v) is 9.68. The molecule has 0 aliphatic heterocycles. The molecular weight excluding hydrogens is 408 g/mol. The molecule has 0 spiro atoms. The molecule has 31 heavy (non-hydrogen) atoms. The van der Waals surface area contributed by atoms with Crippen molar-refractivity contribution in [2.45, 2.75) is 18.8 Å². The molecule has 1 N–H and O–H groups in total. The molecule has 0 unspecified atom stereocenters. The van der Waals surface area contributed by atoms with Crippen molar-refractivity contribution in [2.75, 3.05) is 18.5 Å². The number of halogens is 2. The molecule has 160 valence electrons. The van der Waals surface area contributed by atoms with Gasteiger partial charge in [-0.3, -0.25) is 4.79 Å². The molecule has 0 radical (unpaired) electrons. The molecule has 9 heteroatoms.